The van der Waals surface area contributed by atoms with E-state index in [0.717, 1.165) is 11.1 Å². The molecule has 0 aliphatic heterocycles. The maximum Gasteiger partial charge on any atom is 0.267 e. The van der Waals surface area contributed by atoms with Gasteiger partial charge in [0.05, 0.1) is 5.02 Å². The summed E-state index contributed by atoms with van der Waals surface area (Å²) >= 11 is 7.36. The van der Waals surface area contributed by atoms with Gasteiger partial charge in [0.25, 0.3) is 5.91 Å². The molecule has 0 saturated heterocycles. The van der Waals surface area contributed by atoms with E-state index in [9.17, 15) is 9.90 Å². The van der Waals surface area contributed by atoms with Gasteiger partial charge in [0.15, 0.2) is 0 Å². The molecule has 2 aromatic rings. The molecule has 0 saturated carbocycles. The molecule has 1 heterocycles. The molecule has 0 bridgehead atoms. The van der Waals surface area contributed by atoms with E-state index in [1.54, 1.807) is 12.1 Å². The van der Waals surface area contributed by atoms with Gasteiger partial charge in [0.2, 0.25) is 0 Å². The van der Waals surface area contributed by atoms with Crippen molar-refractivity contribution in [2.45, 2.75) is 13.8 Å². The highest BCUT2D eigenvalue weighted by Crippen LogP contribution is 2.28. The average Bonchev–Trinajstić information content (AvgIpc) is 2.64. The lowest BCUT2D eigenvalue weighted by molar-refractivity contribution is 0.103. The fourth-order valence-electron chi connectivity index (χ4n) is 1.55. The van der Waals surface area contributed by atoms with E-state index in [1.165, 1.54) is 17.4 Å². The topological polar surface area (TPSA) is 49.3 Å². The Morgan fingerprint density at radius 2 is 2.06 bits per heavy atom. The number of phenols is 1. The Kier molecular flexibility index (Phi) is 3.59. The van der Waals surface area contributed by atoms with Crippen LogP contribution >= 0.6 is 22.9 Å². The third kappa shape index (κ3) is 2.49. The summed E-state index contributed by atoms with van der Waals surface area (Å²) in [6, 6.07) is 4.79. The molecule has 18 heavy (non-hydrogen) atoms. The van der Waals surface area contributed by atoms with Crippen LogP contribution in [0, 0.1) is 13.8 Å². The molecule has 0 aliphatic carbocycles. The first-order valence-electron chi connectivity index (χ1n) is 5.33. The van der Waals surface area contributed by atoms with Crippen LogP contribution in [0.3, 0.4) is 0 Å². The minimum Gasteiger partial charge on any atom is -0.508 e. The summed E-state index contributed by atoms with van der Waals surface area (Å²) < 4.78 is 0. The smallest absolute Gasteiger partial charge is 0.267 e. The number of carbonyl (C=O) groups is 1. The van der Waals surface area contributed by atoms with Crippen LogP contribution in [0.5, 0.6) is 5.75 Å². The zero-order valence-corrected chi connectivity index (χ0v) is 11.5. The number of hydrogen-bond donors (Lipinski definition) is 2. The second-order valence-electron chi connectivity index (χ2n) is 4.02. The predicted octanol–water partition coefficient (Wildman–Crippen LogP) is 3.98. The normalized spacial score (nSPS) is 10.4. The molecule has 0 aliphatic rings. The van der Waals surface area contributed by atoms with Gasteiger partial charge >= 0.3 is 0 Å². The molecule has 0 fully saturated rings. The van der Waals surface area contributed by atoms with Gasteiger partial charge < -0.3 is 10.4 Å². The van der Waals surface area contributed by atoms with Gasteiger partial charge in [-0.2, -0.15) is 0 Å². The predicted molar refractivity (Wildman–Crippen MR) is 74.9 cm³/mol. The fourth-order valence-corrected chi connectivity index (χ4v) is 2.72. The fraction of sp³-hybridized carbons (Fsp3) is 0.154. The summed E-state index contributed by atoms with van der Waals surface area (Å²) in [5, 5.41) is 14.4. The standard InChI is InChI=1S/C13H12ClNO2S/c1-7-5-9(16)3-4-10(7)15-13(17)12-11(14)8(2)6-18-12/h3-6,16H,1-2H3,(H,15,17). The lowest BCUT2D eigenvalue weighted by Crippen LogP contribution is -2.11. The van der Waals surface area contributed by atoms with E-state index in [-0.39, 0.29) is 11.7 Å². The van der Waals surface area contributed by atoms with Crippen LogP contribution in [-0.2, 0) is 0 Å². The third-order valence-electron chi connectivity index (χ3n) is 2.56. The molecule has 1 amide bonds. The van der Waals surface area contributed by atoms with Crippen molar-refractivity contribution in [2.75, 3.05) is 5.32 Å². The molecule has 0 spiro atoms. The van der Waals surface area contributed by atoms with Gasteiger partial charge in [-0.3, -0.25) is 4.79 Å². The Labute approximate surface area is 114 Å². The zero-order chi connectivity index (χ0) is 13.3. The number of amides is 1. The molecule has 0 unspecified atom stereocenters. The Balaban J connectivity index is 2.24. The Bertz CT molecular complexity index is 607. The molecular weight excluding hydrogens is 270 g/mol. The number of carbonyl (C=O) groups excluding carboxylic acids is 1. The highest BCUT2D eigenvalue weighted by molar-refractivity contribution is 7.13. The summed E-state index contributed by atoms with van der Waals surface area (Å²) in [6.07, 6.45) is 0. The first-order chi connectivity index (χ1) is 8.49. The average molecular weight is 282 g/mol. The van der Waals surface area contributed by atoms with Crippen LogP contribution < -0.4 is 5.32 Å². The second-order valence-corrected chi connectivity index (χ2v) is 5.27. The van der Waals surface area contributed by atoms with Crippen molar-refractivity contribution in [3.05, 3.63) is 44.6 Å². The number of aryl methyl sites for hydroxylation is 2. The summed E-state index contributed by atoms with van der Waals surface area (Å²) in [5.41, 5.74) is 2.36. The molecule has 2 N–H and O–H groups in total. The number of rotatable bonds is 2. The number of nitrogens with one attached hydrogen (secondary N) is 1. The van der Waals surface area contributed by atoms with Crippen LogP contribution in [0.15, 0.2) is 23.6 Å². The number of aromatic hydroxyl groups is 1. The molecule has 0 radical (unpaired) electrons. The maximum atomic E-state index is 12.0. The van der Waals surface area contributed by atoms with Crippen molar-refractivity contribution in [3.8, 4) is 5.75 Å². The van der Waals surface area contributed by atoms with Crippen molar-refractivity contribution < 1.29 is 9.90 Å². The van der Waals surface area contributed by atoms with Crippen LogP contribution in [0.1, 0.15) is 20.8 Å². The van der Waals surface area contributed by atoms with E-state index >= 15 is 0 Å². The number of benzene rings is 1. The van der Waals surface area contributed by atoms with Crippen LogP contribution in [0.2, 0.25) is 5.02 Å². The van der Waals surface area contributed by atoms with Gasteiger partial charge in [0, 0.05) is 5.69 Å². The molecule has 1 aromatic carbocycles. The van der Waals surface area contributed by atoms with Crippen molar-refractivity contribution in [1.82, 2.24) is 0 Å². The SMILES string of the molecule is Cc1cc(O)ccc1NC(=O)c1scc(C)c1Cl. The van der Waals surface area contributed by atoms with E-state index in [4.69, 9.17) is 11.6 Å². The minimum atomic E-state index is -0.230. The molecule has 5 heteroatoms. The monoisotopic (exact) mass is 281 g/mol. The lowest BCUT2D eigenvalue weighted by Gasteiger charge is -2.08. The van der Waals surface area contributed by atoms with Crippen LogP contribution in [0.25, 0.3) is 0 Å². The number of phenolic OH excluding ortho intramolecular Hbond substituents is 1. The maximum absolute atomic E-state index is 12.0. The Morgan fingerprint density at radius 1 is 1.33 bits per heavy atom. The third-order valence-corrected chi connectivity index (χ3v) is 4.26. The summed E-state index contributed by atoms with van der Waals surface area (Å²) in [4.78, 5) is 12.5. The number of hydrogen-bond acceptors (Lipinski definition) is 3. The van der Waals surface area contributed by atoms with Crippen LogP contribution in [-0.4, -0.2) is 11.0 Å². The van der Waals surface area contributed by atoms with Gasteiger partial charge in [0.1, 0.15) is 10.6 Å². The highest BCUT2D eigenvalue weighted by Gasteiger charge is 2.15. The zero-order valence-electron chi connectivity index (χ0n) is 9.95. The summed E-state index contributed by atoms with van der Waals surface area (Å²) in [6.45, 7) is 3.68. The molecule has 0 atom stereocenters. The first-order valence-corrected chi connectivity index (χ1v) is 6.59. The highest BCUT2D eigenvalue weighted by atomic mass is 35.5. The second kappa shape index (κ2) is 5.00. The van der Waals surface area contributed by atoms with Gasteiger partial charge in [-0.05, 0) is 48.6 Å². The lowest BCUT2D eigenvalue weighted by atomic mass is 10.2. The van der Waals surface area contributed by atoms with Crippen molar-refractivity contribution >= 4 is 34.5 Å². The quantitative estimate of drug-likeness (QED) is 0.818. The number of thiophene rings is 1. The van der Waals surface area contributed by atoms with E-state index in [1.807, 2.05) is 19.2 Å². The molecular formula is C13H12ClNO2S. The van der Waals surface area contributed by atoms with Crippen LogP contribution in [0.4, 0.5) is 5.69 Å². The molecule has 3 nitrogen and oxygen atoms in total. The van der Waals surface area contributed by atoms with Gasteiger partial charge in [-0.15, -0.1) is 11.3 Å². The number of anilines is 1. The molecule has 2 rings (SSSR count). The van der Waals surface area contributed by atoms with E-state index in [2.05, 4.69) is 5.32 Å². The van der Waals surface area contributed by atoms with Gasteiger partial charge in [-0.1, -0.05) is 11.6 Å². The van der Waals surface area contributed by atoms with Gasteiger partial charge in [-0.25, -0.2) is 0 Å². The largest absolute Gasteiger partial charge is 0.508 e. The Hall–Kier alpha value is -1.52. The summed E-state index contributed by atoms with van der Waals surface area (Å²) in [5.74, 6) is -0.0533. The van der Waals surface area contributed by atoms with Crippen molar-refractivity contribution in [2.24, 2.45) is 0 Å². The van der Waals surface area contributed by atoms with Crippen molar-refractivity contribution in [1.29, 1.82) is 0 Å². The number of halogens is 1. The minimum absolute atomic E-state index is 0.176. The molecule has 1 aromatic heterocycles. The molecule has 94 valence electrons. The Morgan fingerprint density at radius 3 is 2.61 bits per heavy atom. The summed E-state index contributed by atoms with van der Waals surface area (Å²) in [7, 11) is 0. The van der Waals surface area contributed by atoms with E-state index < -0.39 is 0 Å². The first kappa shape index (κ1) is 12.9. The van der Waals surface area contributed by atoms with E-state index in [0.29, 0.717) is 15.6 Å². The van der Waals surface area contributed by atoms with Crippen molar-refractivity contribution in [3.63, 3.8) is 0 Å².